The van der Waals surface area contributed by atoms with Crippen LogP contribution >= 0.6 is 0 Å². The van der Waals surface area contributed by atoms with Gasteiger partial charge in [-0.3, -0.25) is 5.01 Å². The standard InChI is InChI=1S/C11H14N2/c1-9-11-6-4-3-5-10(11)7-8-13(2)12-9/h3-6H,7-8H2,1-2H3. The van der Waals surface area contributed by atoms with Crippen LogP contribution in [0, 0.1) is 0 Å². The van der Waals surface area contributed by atoms with Gasteiger partial charge < -0.3 is 0 Å². The summed E-state index contributed by atoms with van der Waals surface area (Å²) < 4.78 is 0. The summed E-state index contributed by atoms with van der Waals surface area (Å²) in [4.78, 5) is 0. The summed E-state index contributed by atoms with van der Waals surface area (Å²) in [7, 11) is 2.02. The smallest absolute Gasteiger partial charge is 0.0649 e. The van der Waals surface area contributed by atoms with Crippen molar-refractivity contribution in [2.75, 3.05) is 13.6 Å². The van der Waals surface area contributed by atoms with E-state index in [1.54, 1.807) is 0 Å². The van der Waals surface area contributed by atoms with E-state index in [0.717, 1.165) is 18.7 Å². The predicted octanol–water partition coefficient (Wildman–Crippen LogP) is 1.90. The normalized spacial score (nSPS) is 16.2. The van der Waals surface area contributed by atoms with Crippen LogP contribution in [0.25, 0.3) is 0 Å². The Morgan fingerprint density at radius 1 is 1.31 bits per heavy atom. The van der Waals surface area contributed by atoms with Crippen molar-refractivity contribution in [3.63, 3.8) is 0 Å². The van der Waals surface area contributed by atoms with Gasteiger partial charge in [-0.1, -0.05) is 24.3 Å². The van der Waals surface area contributed by atoms with Gasteiger partial charge in [0.15, 0.2) is 0 Å². The molecule has 0 saturated heterocycles. The van der Waals surface area contributed by atoms with Crippen LogP contribution in [0.1, 0.15) is 18.1 Å². The maximum atomic E-state index is 4.47. The van der Waals surface area contributed by atoms with Crippen molar-refractivity contribution in [3.8, 4) is 0 Å². The van der Waals surface area contributed by atoms with Crippen LogP contribution < -0.4 is 0 Å². The molecule has 1 aromatic rings. The zero-order chi connectivity index (χ0) is 9.26. The largest absolute Gasteiger partial charge is 0.300 e. The molecule has 0 fully saturated rings. The van der Waals surface area contributed by atoms with Gasteiger partial charge in [0.1, 0.15) is 0 Å². The highest BCUT2D eigenvalue weighted by Crippen LogP contribution is 2.14. The monoisotopic (exact) mass is 174 g/mol. The summed E-state index contributed by atoms with van der Waals surface area (Å²) in [5.41, 5.74) is 3.83. The van der Waals surface area contributed by atoms with Crippen molar-refractivity contribution in [1.82, 2.24) is 5.01 Å². The van der Waals surface area contributed by atoms with Gasteiger partial charge in [0, 0.05) is 19.2 Å². The molecule has 1 aliphatic heterocycles. The Morgan fingerprint density at radius 3 is 2.92 bits per heavy atom. The summed E-state index contributed by atoms with van der Waals surface area (Å²) in [5.74, 6) is 0. The molecule has 0 bridgehead atoms. The van der Waals surface area contributed by atoms with Gasteiger partial charge in [0.05, 0.1) is 5.71 Å². The highest BCUT2D eigenvalue weighted by Gasteiger charge is 2.10. The predicted molar refractivity (Wildman–Crippen MR) is 55.0 cm³/mol. The highest BCUT2D eigenvalue weighted by molar-refractivity contribution is 6.00. The number of fused-ring (bicyclic) bond motifs is 1. The zero-order valence-corrected chi connectivity index (χ0v) is 8.12. The first-order chi connectivity index (χ1) is 6.27. The number of hydrazone groups is 1. The van der Waals surface area contributed by atoms with Gasteiger partial charge >= 0.3 is 0 Å². The Labute approximate surface area is 78.9 Å². The van der Waals surface area contributed by atoms with Crippen LogP contribution in [-0.2, 0) is 6.42 Å². The molecule has 0 unspecified atom stereocenters. The molecular formula is C11H14N2. The van der Waals surface area contributed by atoms with Gasteiger partial charge in [0.25, 0.3) is 0 Å². The molecule has 68 valence electrons. The van der Waals surface area contributed by atoms with Gasteiger partial charge in [-0.2, -0.15) is 5.10 Å². The summed E-state index contributed by atoms with van der Waals surface area (Å²) in [6, 6.07) is 8.50. The van der Waals surface area contributed by atoms with Gasteiger partial charge in [-0.15, -0.1) is 0 Å². The molecule has 0 aromatic heterocycles. The van der Waals surface area contributed by atoms with Crippen LogP contribution in [0.2, 0.25) is 0 Å². The SMILES string of the molecule is CC1=NN(C)CCc2ccccc21. The van der Waals surface area contributed by atoms with E-state index < -0.39 is 0 Å². The quantitative estimate of drug-likeness (QED) is 0.586. The Kier molecular flexibility index (Phi) is 2.05. The lowest BCUT2D eigenvalue weighted by Crippen LogP contribution is -2.13. The fourth-order valence-electron chi connectivity index (χ4n) is 1.73. The molecular weight excluding hydrogens is 160 g/mol. The van der Waals surface area contributed by atoms with Crippen molar-refractivity contribution in [2.45, 2.75) is 13.3 Å². The second-order valence-corrected chi connectivity index (χ2v) is 3.47. The second kappa shape index (κ2) is 3.21. The number of likely N-dealkylation sites (N-methyl/N-ethyl adjacent to an activating group) is 1. The van der Waals surface area contributed by atoms with Gasteiger partial charge in [-0.25, -0.2) is 0 Å². The van der Waals surface area contributed by atoms with E-state index in [4.69, 9.17) is 0 Å². The Bertz CT molecular complexity index is 342. The van der Waals surface area contributed by atoms with Crippen LogP contribution in [0.5, 0.6) is 0 Å². The van der Waals surface area contributed by atoms with E-state index in [0.29, 0.717) is 0 Å². The average molecular weight is 174 g/mol. The minimum Gasteiger partial charge on any atom is -0.300 e. The van der Waals surface area contributed by atoms with Crippen LogP contribution in [-0.4, -0.2) is 24.3 Å². The van der Waals surface area contributed by atoms with Crippen molar-refractivity contribution in [3.05, 3.63) is 35.4 Å². The van der Waals surface area contributed by atoms with Gasteiger partial charge in [-0.05, 0) is 18.9 Å². The van der Waals surface area contributed by atoms with Crippen molar-refractivity contribution >= 4 is 5.71 Å². The zero-order valence-electron chi connectivity index (χ0n) is 8.12. The molecule has 0 amide bonds. The van der Waals surface area contributed by atoms with Crippen molar-refractivity contribution in [1.29, 1.82) is 0 Å². The summed E-state index contributed by atoms with van der Waals surface area (Å²) in [5, 5.41) is 6.48. The first-order valence-corrected chi connectivity index (χ1v) is 4.62. The van der Waals surface area contributed by atoms with Crippen molar-refractivity contribution in [2.24, 2.45) is 5.10 Å². The third-order valence-corrected chi connectivity index (χ3v) is 2.43. The van der Waals surface area contributed by atoms with E-state index in [1.807, 2.05) is 12.1 Å². The molecule has 13 heavy (non-hydrogen) atoms. The van der Waals surface area contributed by atoms with Crippen molar-refractivity contribution < 1.29 is 0 Å². The third kappa shape index (κ3) is 1.57. The van der Waals surface area contributed by atoms with E-state index in [-0.39, 0.29) is 0 Å². The maximum Gasteiger partial charge on any atom is 0.0649 e. The first kappa shape index (κ1) is 8.30. The summed E-state index contributed by atoms with van der Waals surface area (Å²) >= 11 is 0. The lowest BCUT2D eigenvalue weighted by Gasteiger charge is -2.09. The molecule has 0 atom stereocenters. The molecule has 0 aliphatic carbocycles. The number of hydrogen-bond acceptors (Lipinski definition) is 2. The number of nitrogens with zero attached hydrogens (tertiary/aromatic N) is 2. The van der Waals surface area contributed by atoms with Crippen LogP contribution in [0.3, 0.4) is 0 Å². The molecule has 0 saturated carbocycles. The van der Waals surface area contributed by atoms with Crippen LogP contribution in [0.15, 0.2) is 29.4 Å². The van der Waals surface area contributed by atoms with E-state index in [9.17, 15) is 0 Å². The molecule has 0 spiro atoms. The lowest BCUT2D eigenvalue weighted by atomic mass is 10.0. The van der Waals surface area contributed by atoms with Gasteiger partial charge in [0.2, 0.25) is 0 Å². The average Bonchev–Trinajstić information content (AvgIpc) is 2.27. The number of rotatable bonds is 0. The molecule has 0 N–H and O–H groups in total. The van der Waals surface area contributed by atoms with Crippen LogP contribution in [0.4, 0.5) is 0 Å². The van der Waals surface area contributed by atoms with E-state index >= 15 is 0 Å². The molecule has 1 heterocycles. The number of hydrogen-bond donors (Lipinski definition) is 0. The molecule has 1 aliphatic rings. The Balaban J connectivity index is 2.48. The van der Waals surface area contributed by atoms with E-state index in [1.165, 1.54) is 11.1 Å². The highest BCUT2D eigenvalue weighted by atomic mass is 15.4. The number of benzene rings is 1. The molecule has 2 heteroatoms. The summed E-state index contributed by atoms with van der Waals surface area (Å²) in [6.45, 7) is 3.08. The minimum atomic E-state index is 1.01. The molecule has 2 nitrogen and oxygen atoms in total. The third-order valence-electron chi connectivity index (χ3n) is 2.43. The second-order valence-electron chi connectivity index (χ2n) is 3.47. The molecule has 2 rings (SSSR count). The van der Waals surface area contributed by atoms with E-state index in [2.05, 4.69) is 36.3 Å². The molecule has 1 aromatic carbocycles. The maximum absolute atomic E-state index is 4.47. The molecule has 0 radical (unpaired) electrons. The lowest BCUT2D eigenvalue weighted by molar-refractivity contribution is 0.362. The Hall–Kier alpha value is -1.31. The first-order valence-electron chi connectivity index (χ1n) is 4.62. The fourth-order valence-corrected chi connectivity index (χ4v) is 1.73. The topological polar surface area (TPSA) is 15.6 Å². The minimum absolute atomic E-state index is 1.01. The Morgan fingerprint density at radius 2 is 2.08 bits per heavy atom. The summed E-state index contributed by atoms with van der Waals surface area (Å²) in [6.07, 6.45) is 1.09. The fraction of sp³-hybridized carbons (Fsp3) is 0.364.